The van der Waals surface area contributed by atoms with Crippen molar-refractivity contribution in [2.45, 2.75) is 39.7 Å². The van der Waals surface area contributed by atoms with Gasteiger partial charge in [-0.15, -0.1) is 0 Å². The number of carbonyl (C=O) groups excluding carboxylic acids is 1. The average molecular weight is 446 g/mol. The van der Waals surface area contributed by atoms with Crippen molar-refractivity contribution >= 4 is 28.3 Å². The van der Waals surface area contributed by atoms with Gasteiger partial charge >= 0.3 is 6.03 Å². The first-order chi connectivity index (χ1) is 16.0. The van der Waals surface area contributed by atoms with E-state index in [2.05, 4.69) is 74.8 Å². The molecule has 174 valence electrons. The first kappa shape index (κ1) is 23.1. The lowest BCUT2D eigenvalue weighted by Crippen LogP contribution is -2.47. The number of carbonyl (C=O) groups is 1. The molecule has 1 aliphatic rings. The third-order valence-electron chi connectivity index (χ3n) is 6.45. The van der Waals surface area contributed by atoms with Crippen molar-refractivity contribution in [2.75, 3.05) is 42.9 Å². The molecule has 0 spiro atoms. The topological polar surface area (TPSA) is 60.5 Å². The zero-order chi connectivity index (χ0) is 23.2. The van der Waals surface area contributed by atoms with E-state index < -0.39 is 0 Å². The molecule has 1 atom stereocenters. The van der Waals surface area contributed by atoms with Crippen molar-refractivity contribution < 1.29 is 4.79 Å². The Morgan fingerprint density at radius 2 is 1.85 bits per heavy atom. The molecule has 4 rings (SSSR count). The molecule has 2 heterocycles. The highest BCUT2D eigenvalue weighted by atomic mass is 16.2. The lowest BCUT2D eigenvalue weighted by Gasteiger charge is -2.36. The smallest absolute Gasteiger partial charge is 0.319 e. The maximum atomic E-state index is 12.1. The van der Waals surface area contributed by atoms with Gasteiger partial charge in [-0.05, 0) is 68.7 Å². The van der Waals surface area contributed by atoms with Gasteiger partial charge in [0.15, 0.2) is 0 Å². The van der Waals surface area contributed by atoms with Crippen LogP contribution in [-0.4, -0.2) is 54.7 Å². The molecule has 1 unspecified atom stereocenters. The zero-order valence-electron chi connectivity index (χ0n) is 20.0. The van der Waals surface area contributed by atoms with Crippen LogP contribution in [0.4, 0.5) is 16.2 Å². The molecule has 3 aromatic rings. The van der Waals surface area contributed by atoms with Crippen LogP contribution in [0.2, 0.25) is 0 Å². The summed E-state index contributed by atoms with van der Waals surface area (Å²) >= 11 is 0. The van der Waals surface area contributed by atoms with Gasteiger partial charge in [0.2, 0.25) is 0 Å². The van der Waals surface area contributed by atoms with E-state index >= 15 is 0 Å². The Kier molecular flexibility index (Phi) is 7.45. The minimum atomic E-state index is -0.142. The number of aromatic nitrogens is 1. The Balaban J connectivity index is 1.29. The van der Waals surface area contributed by atoms with Crippen LogP contribution in [0.15, 0.2) is 54.6 Å². The third-order valence-corrected chi connectivity index (χ3v) is 6.45. The quantitative estimate of drug-likeness (QED) is 0.547. The lowest BCUT2D eigenvalue weighted by atomic mass is 10.1. The average Bonchev–Trinajstić information content (AvgIpc) is 2.82. The second kappa shape index (κ2) is 10.7. The number of piperazine rings is 1. The molecule has 0 aliphatic carbocycles. The van der Waals surface area contributed by atoms with E-state index in [1.807, 2.05) is 26.0 Å². The number of pyridine rings is 1. The van der Waals surface area contributed by atoms with Crippen LogP contribution in [0.1, 0.15) is 31.5 Å². The molecule has 0 saturated carbocycles. The summed E-state index contributed by atoms with van der Waals surface area (Å²) in [6.45, 7) is 11.3. The number of rotatable bonds is 7. The molecule has 6 heteroatoms. The zero-order valence-corrected chi connectivity index (χ0v) is 20.0. The van der Waals surface area contributed by atoms with E-state index in [4.69, 9.17) is 0 Å². The minimum Gasteiger partial charge on any atom is -0.368 e. The Morgan fingerprint density at radius 1 is 1.06 bits per heavy atom. The van der Waals surface area contributed by atoms with Crippen LogP contribution >= 0.6 is 0 Å². The molecule has 1 saturated heterocycles. The van der Waals surface area contributed by atoms with Gasteiger partial charge in [-0.3, -0.25) is 9.88 Å². The maximum absolute atomic E-state index is 12.1. The highest BCUT2D eigenvalue weighted by Gasteiger charge is 2.19. The van der Waals surface area contributed by atoms with Gasteiger partial charge in [0.1, 0.15) is 0 Å². The van der Waals surface area contributed by atoms with Crippen LogP contribution in [0.5, 0.6) is 0 Å². The van der Waals surface area contributed by atoms with Crippen LogP contribution in [-0.2, 0) is 6.42 Å². The number of urea groups is 1. The molecular weight excluding hydrogens is 410 g/mol. The molecule has 2 aromatic carbocycles. The normalized spacial score (nSPS) is 15.4. The second-order valence-corrected chi connectivity index (χ2v) is 8.98. The fourth-order valence-corrected chi connectivity index (χ4v) is 4.31. The van der Waals surface area contributed by atoms with Crippen LogP contribution in [0, 0.1) is 6.92 Å². The van der Waals surface area contributed by atoms with Crippen LogP contribution in [0.25, 0.3) is 10.9 Å². The monoisotopic (exact) mass is 445 g/mol. The molecule has 0 radical (unpaired) electrons. The van der Waals surface area contributed by atoms with Gasteiger partial charge in [-0.25, -0.2) is 4.79 Å². The van der Waals surface area contributed by atoms with E-state index in [1.165, 1.54) is 16.6 Å². The predicted molar refractivity (Wildman–Crippen MR) is 137 cm³/mol. The fourth-order valence-electron chi connectivity index (χ4n) is 4.31. The molecule has 1 fully saturated rings. The second-order valence-electron chi connectivity index (χ2n) is 8.98. The van der Waals surface area contributed by atoms with Gasteiger partial charge in [0, 0.05) is 61.2 Å². The molecule has 33 heavy (non-hydrogen) atoms. The largest absolute Gasteiger partial charge is 0.368 e. The summed E-state index contributed by atoms with van der Waals surface area (Å²) in [6.07, 6.45) is 1.89. The summed E-state index contributed by atoms with van der Waals surface area (Å²) in [5.41, 5.74) is 5.50. The summed E-state index contributed by atoms with van der Waals surface area (Å²) in [5.74, 6) is 0. The number of hydrogen-bond acceptors (Lipinski definition) is 4. The van der Waals surface area contributed by atoms with E-state index in [1.54, 1.807) is 0 Å². The number of nitrogens with zero attached hydrogens (tertiary/aromatic N) is 3. The number of amides is 2. The molecule has 1 aliphatic heterocycles. The maximum Gasteiger partial charge on any atom is 0.319 e. The van der Waals surface area contributed by atoms with Crippen molar-refractivity contribution in [2.24, 2.45) is 0 Å². The van der Waals surface area contributed by atoms with E-state index in [0.717, 1.165) is 62.5 Å². The summed E-state index contributed by atoms with van der Waals surface area (Å²) in [5, 5.41) is 7.13. The Labute approximate surface area is 197 Å². The number of benzene rings is 2. The first-order valence-electron chi connectivity index (χ1n) is 12.0. The van der Waals surface area contributed by atoms with Gasteiger partial charge in [-0.2, -0.15) is 0 Å². The predicted octanol–water partition coefficient (Wildman–Crippen LogP) is 4.83. The van der Waals surface area contributed by atoms with Crippen molar-refractivity contribution in [3.05, 3.63) is 65.9 Å². The number of hydrogen-bond donors (Lipinski definition) is 2. The highest BCUT2D eigenvalue weighted by Crippen LogP contribution is 2.27. The number of anilines is 2. The molecular formula is C27H35N5O. The Hall–Kier alpha value is -3.12. The van der Waals surface area contributed by atoms with E-state index in [-0.39, 0.29) is 12.1 Å². The van der Waals surface area contributed by atoms with Crippen LogP contribution < -0.4 is 15.5 Å². The SMILES string of the molecule is CCC(C)NC(=O)Nc1cccc(CCN2CCN(c3cccc4nc(C)ccc34)CC2)c1. The summed E-state index contributed by atoms with van der Waals surface area (Å²) in [7, 11) is 0. The first-order valence-corrected chi connectivity index (χ1v) is 12.0. The van der Waals surface area contributed by atoms with Crippen molar-refractivity contribution in [1.82, 2.24) is 15.2 Å². The van der Waals surface area contributed by atoms with Gasteiger partial charge in [-0.1, -0.05) is 25.1 Å². The number of fused-ring (bicyclic) bond motifs is 1. The fraction of sp³-hybridized carbons (Fsp3) is 0.407. The minimum absolute atomic E-state index is 0.142. The van der Waals surface area contributed by atoms with Gasteiger partial charge in [0.05, 0.1) is 5.52 Å². The van der Waals surface area contributed by atoms with Crippen molar-refractivity contribution in [3.8, 4) is 0 Å². The number of aryl methyl sites for hydroxylation is 1. The summed E-state index contributed by atoms with van der Waals surface area (Å²) in [6, 6.07) is 18.9. The van der Waals surface area contributed by atoms with E-state index in [0.29, 0.717) is 0 Å². The number of nitrogens with one attached hydrogen (secondary N) is 2. The molecule has 6 nitrogen and oxygen atoms in total. The van der Waals surface area contributed by atoms with Gasteiger partial charge in [0.25, 0.3) is 0 Å². The summed E-state index contributed by atoms with van der Waals surface area (Å²) < 4.78 is 0. The molecule has 2 amide bonds. The molecule has 0 bridgehead atoms. The van der Waals surface area contributed by atoms with E-state index in [9.17, 15) is 4.79 Å². The van der Waals surface area contributed by atoms with Crippen molar-refractivity contribution in [1.29, 1.82) is 0 Å². The third kappa shape index (κ3) is 6.02. The Morgan fingerprint density at radius 3 is 2.64 bits per heavy atom. The van der Waals surface area contributed by atoms with Crippen LogP contribution in [0.3, 0.4) is 0 Å². The highest BCUT2D eigenvalue weighted by molar-refractivity contribution is 5.92. The molecule has 2 N–H and O–H groups in total. The van der Waals surface area contributed by atoms with Gasteiger partial charge < -0.3 is 15.5 Å². The van der Waals surface area contributed by atoms with Crippen molar-refractivity contribution in [3.63, 3.8) is 0 Å². The summed E-state index contributed by atoms with van der Waals surface area (Å²) in [4.78, 5) is 21.8. The lowest BCUT2D eigenvalue weighted by molar-refractivity contribution is 0.249. The standard InChI is InChI=1S/C27H35N5O/c1-4-20(2)29-27(33)30-23-8-5-7-22(19-23)13-14-31-15-17-32(18-16-31)26-10-6-9-25-24(26)12-11-21(3)28-25/h5-12,19-20H,4,13-18H2,1-3H3,(H2,29,30,33). The molecule has 1 aromatic heterocycles. The Bertz CT molecular complexity index is 1090.